The van der Waals surface area contributed by atoms with Crippen LogP contribution >= 0.6 is 27.5 Å². The van der Waals surface area contributed by atoms with E-state index in [1.165, 1.54) is 24.3 Å². The van der Waals surface area contributed by atoms with Crippen LogP contribution in [0.15, 0.2) is 57.9 Å². The van der Waals surface area contributed by atoms with Gasteiger partial charge in [0.2, 0.25) is 0 Å². The van der Waals surface area contributed by atoms with Crippen molar-refractivity contribution in [2.75, 3.05) is 6.61 Å². The van der Waals surface area contributed by atoms with Gasteiger partial charge in [-0.2, -0.15) is 0 Å². The molecule has 0 spiro atoms. The lowest BCUT2D eigenvalue weighted by atomic mass is 10.1. The molecule has 0 amide bonds. The number of hydrogen-bond donors (Lipinski definition) is 2. The largest absolute Gasteiger partial charge is 0.394 e. The van der Waals surface area contributed by atoms with E-state index in [-0.39, 0.29) is 4.90 Å². The fourth-order valence-electron chi connectivity index (χ4n) is 3.01. The summed E-state index contributed by atoms with van der Waals surface area (Å²) in [6.07, 6.45) is 0. The molecule has 3 rings (SSSR count). The van der Waals surface area contributed by atoms with Gasteiger partial charge in [-0.15, -0.1) is 0 Å². The highest BCUT2D eigenvalue weighted by Crippen LogP contribution is 2.55. The summed E-state index contributed by atoms with van der Waals surface area (Å²) >= 11 is 9.16. The summed E-state index contributed by atoms with van der Waals surface area (Å²) in [5.74, 6) is -0.443. The fraction of sp³-hybridized carbons (Fsp3) is 0.250. The van der Waals surface area contributed by atoms with Crippen LogP contribution in [0.2, 0.25) is 5.02 Å². The van der Waals surface area contributed by atoms with E-state index in [1.807, 2.05) is 24.3 Å². The molecule has 0 radical (unpaired) electrons. The molecule has 23 heavy (non-hydrogen) atoms. The van der Waals surface area contributed by atoms with E-state index >= 15 is 0 Å². The Morgan fingerprint density at radius 3 is 2.22 bits per heavy atom. The second-order valence-corrected chi connectivity index (χ2v) is 9.14. The molecule has 2 aromatic carbocycles. The molecule has 0 unspecified atom stereocenters. The summed E-state index contributed by atoms with van der Waals surface area (Å²) in [4.78, 5) is 0.162. The average molecular weight is 417 g/mol. The molecular weight excluding hydrogens is 402 g/mol. The van der Waals surface area contributed by atoms with Gasteiger partial charge in [0.15, 0.2) is 9.84 Å². The summed E-state index contributed by atoms with van der Waals surface area (Å²) in [7, 11) is -3.67. The van der Waals surface area contributed by atoms with Gasteiger partial charge in [0.1, 0.15) is 0 Å². The van der Waals surface area contributed by atoms with E-state index in [2.05, 4.69) is 15.9 Å². The molecule has 3 N–H and O–H groups in total. The van der Waals surface area contributed by atoms with Crippen molar-refractivity contribution in [2.45, 2.75) is 21.6 Å². The first-order chi connectivity index (χ1) is 10.8. The highest BCUT2D eigenvalue weighted by Gasteiger charge is 2.69. The van der Waals surface area contributed by atoms with E-state index in [1.54, 1.807) is 0 Å². The molecule has 7 heteroatoms. The predicted molar refractivity (Wildman–Crippen MR) is 93.3 cm³/mol. The number of sulfone groups is 1. The second-order valence-electron chi connectivity index (χ2n) is 5.72. The molecule has 3 atom stereocenters. The van der Waals surface area contributed by atoms with Crippen LogP contribution in [0.4, 0.5) is 0 Å². The molecular formula is C16H15BrClNO3S. The Kier molecular flexibility index (Phi) is 4.31. The third-order valence-electron chi connectivity index (χ3n) is 4.28. The van der Waals surface area contributed by atoms with Crippen LogP contribution in [-0.2, 0) is 9.84 Å². The minimum atomic E-state index is -3.67. The second kappa shape index (κ2) is 5.86. The van der Waals surface area contributed by atoms with Crippen molar-refractivity contribution in [2.24, 2.45) is 5.73 Å². The van der Waals surface area contributed by atoms with Gasteiger partial charge in [0, 0.05) is 15.4 Å². The fourth-order valence-corrected chi connectivity index (χ4v) is 5.69. The van der Waals surface area contributed by atoms with Gasteiger partial charge in [0.05, 0.1) is 22.3 Å². The number of halogens is 2. The van der Waals surface area contributed by atoms with Gasteiger partial charge in [-0.1, -0.05) is 39.7 Å². The Balaban J connectivity index is 2.01. The Morgan fingerprint density at radius 1 is 1.13 bits per heavy atom. The number of rotatable bonds is 4. The Labute approximate surface area is 148 Å². The number of aliphatic hydroxyl groups excluding tert-OH is 1. The number of hydrogen-bond acceptors (Lipinski definition) is 4. The SMILES string of the molecule is N[C@]1(CO)[C@H](c2ccc(Br)cc2)[C@@H]1S(=O)(=O)c1ccc(Cl)cc1. The zero-order valence-electron chi connectivity index (χ0n) is 12.0. The van der Waals surface area contributed by atoms with E-state index in [0.717, 1.165) is 10.0 Å². The van der Waals surface area contributed by atoms with Crippen LogP contribution in [0.25, 0.3) is 0 Å². The topological polar surface area (TPSA) is 80.4 Å². The number of nitrogens with two attached hydrogens (primary N) is 1. The first-order valence-corrected chi connectivity index (χ1v) is 9.67. The summed E-state index contributed by atoms with van der Waals surface area (Å²) in [5, 5.41) is 9.26. The van der Waals surface area contributed by atoms with Crippen molar-refractivity contribution in [3.8, 4) is 0 Å². The molecule has 122 valence electrons. The number of aliphatic hydroxyl groups is 1. The van der Waals surface area contributed by atoms with Gasteiger partial charge >= 0.3 is 0 Å². The summed E-state index contributed by atoms with van der Waals surface area (Å²) in [6, 6.07) is 13.3. The van der Waals surface area contributed by atoms with Gasteiger partial charge in [-0.25, -0.2) is 8.42 Å². The highest BCUT2D eigenvalue weighted by molar-refractivity contribution is 9.10. The lowest BCUT2D eigenvalue weighted by molar-refractivity contribution is 0.253. The lowest BCUT2D eigenvalue weighted by Gasteiger charge is -2.08. The first kappa shape index (κ1) is 16.9. The summed E-state index contributed by atoms with van der Waals surface area (Å²) < 4.78 is 26.7. The van der Waals surface area contributed by atoms with Crippen LogP contribution < -0.4 is 5.73 Å². The standard InChI is InChI=1S/C16H15BrClNO3S/c17-11-3-1-10(2-4-11)14-15(16(14,19)9-20)23(21,22)13-7-5-12(18)6-8-13/h1-8,14-15,20H,9,19H2/t14-,15+,16-/m1/s1. The van der Waals surface area contributed by atoms with E-state index in [4.69, 9.17) is 17.3 Å². The molecule has 1 aliphatic rings. The lowest BCUT2D eigenvalue weighted by Crippen LogP contribution is -2.35. The Hall–Kier alpha value is -0.920. The van der Waals surface area contributed by atoms with Gasteiger partial charge < -0.3 is 10.8 Å². The van der Waals surface area contributed by atoms with Crippen molar-refractivity contribution in [3.05, 3.63) is 63.6 Å². The molecule has 0 bridgehead atoms. The maximum Gasteiger partial charge on any atom is 0.183 e. The molecule has 1 fully saturated rings. The predicted octanol–water partition coefficient (Wildman–Crippen LogP) is 2.73. The molecule has 2 aromatic rings. The smallest absolute Gasteiger partial charge is 0.183 e. The van der Waals surface area contributed by atoms with Crippen molar-refractivity contribution < 1.29 is 13.5 Å². The van der Waals surface area contributed by atoms with Crippen LogP contribution in [0.5, 0.6) is 0 Å². The van der Waals surface area contributed by atoms with Crippen LogP contribution in [0, 0.1) is 0 Å². The molecule has 1 aliphatic carbocycles. The van der Waals surface area contributed by atoms with Crippen molar-refractivity contribution in [1.29, 1.82) is 0 Å². The zero-order chi connectivity index (χ0) is 16.8. The third kappa shape index (κ3) is 2.83. The van der Waals surface area contributed by atoms with Crippen molar-refractivity contribution >= 4 is 37.4 Å². The van der Waals surface area contributed by atoms with E-state index in [9.17, 15) is 13.5 Å². The average Bonchev–Trinajstić information content (AvgIpc) is 3.16. The Bertz CT molecular complexity index is 823. The molecule has 0 aromatic heterocycles. The zero-order valence-corrected chi connectivity index (χ0v) is 15.1. The molecule has 0 aliphatic heterocycles. The van der Waals surface area contributed by atoms with Gasteiger partial charge in [-0.05, 0) is 42.0 Å². The van der Waals surface area contributed by atoms with Gasteiger partial charge in [-0.3, -0.25) is 0 Å². The van der Waals surface area contributed by atoms with Crippen LogP contribution in [0.1, 0.15) is 11.5 Å². The summed E-state index contributed by atoms with van der Waals surface area (Å²) in [6.45, 7) is -0.398. The van der Waals surface area contributed by atoms with Crippen LogP contribution in [-0.4, -0.2) is 30.9 Å². The minimum absolute atomic E-state index is 0.162. The first-order valence-electron chi connectivity index (χ1n) is 6.95. The van der Waals surface area contributed by atoms with Crippen LogP contribution in [0.3, 0.4) is 0 Å². The monoisotopic (exact) mass is 415 g/mol. The molecule has 0 saturated heterocycles. The maximum absolute atomic E-state index is 12.9. The highest BCUT2D eigenvalue weighted by atomic mass is 79.9. The molecule has 0 heterocycles. The quantitative estimate of drug-likeness (QED) is 0.803. The summed E-state index contributed by atoms with van der Waals surface area (Å²) in [5.41, 5.74) is 5.81. The number of benzene rings is 2. The molecule has 1 saturated carbocycles. The van der Waals surface area contributed by atoms with Crippen molar-refractivity contribution in [3.63, 3.8) is 0 Å². The van der Waals surface area contributed by atoms with E-state index in [0.29, 0.717) is 5.02 Å². The normalized spacial score (nSPS) is 27.0. The van der Waals surface area contributed by atoms with Crippen molar-refractivity contribution in [1.82, 2.24) is 0 Å². The molecule has 4 nitrogen and oxygen atoms in total. The van der Waals surface area contributed by atoms with Gasteiger partial charge in [0.25, 0.3) is 0 Å². The van der Waals surface area contributed by atoms with E-state index < -0.39 is 33.2 Å². The third-order valence-corrected chi connectivity index (χ3v) is 7.37. The Morgan fingerprint density at radius 2 is 1.70 bits per heavy atom. The minimum Gasteiger partial charge on any atom is -0.394 e. The maximum atomic E-state index is 12.9.